The molecule has 32 heavy (non-hydrogen) atoms. The summed E-state index contributed by atoms with van der Waals surface area (Å²) in [5.41, 5.74) is 2.92. The topological polar surface area (TPSA) is 72.4 Å². The third kappa shape index (κ3) is 2.93. The molecule has 1 aliphatic heterocycles. The van der Waals surface area contributed by atoms with E-state index in [0.29, 0.717) is 44.6 Å². The van der Waals surface area contributed by atoms with Crippen LogP contribution in [0.25, 0.3) is 22.0 Å². The highest BCUT2D eigenvalue weighted by molar-refractivity contribution is 6.21. The smallest absolute Gasteiger partial charge is 0.262 e. The van der Waals surface area contributed by atoms with Crippen LogP contribution in [0.3, 0.4) is 0 Å². The minimum Gasteiger partial charge on any atom is -0.495 e. The van der Waals surface area contributed by atoms with E-state index in [1.54, 1.807) is 55.7 Å². The van der Waals surface area contributed by atoms with Gasteiger partial charge < -0.3 is 4.74 Å². The van der Waals surface area contributed by atoms with Gasteiger partial charge in [0, 0.05) is 28.9 Å². The molecule has 3 heterocycles. The minimum absolute atomic E-state index is 0.363. The van der Waals surface area contributed by atoms with Crippen molar-refractivity contribution in [1.29, 1.82) is 0 Å². The molecule has 7 heteroatoms. The predicted octanol–water partition coefficient (Wildman–Crippen LogP) is 4.80. The van der Waals surface area contributed by atoms with Crippen molar-refractivity contribution in [1.82, 2.24) is 14.9 Å². The number of carbonyl (C=O) groups is 2. The Morgan fingerprint density at radius 2 is 1.72 bits per heavy atom. The van der Waals surface area contributed by atoms with Crippen molar-refractivity contribution in [3.05, 3.63) is 89.6 Å². The van der Waals surface area contributed by atoms with Crippen LogP contribution >= 0.6 is 0 Å². The molecule has 0 N–H and O–H groups in total. The number of hydrogen-bond acceptors (Lipinski definition) is 5. The van der Waals surface area contributed by atoms with Crippen LogP contribution < -0.4 is 4.74 Å². The van der Waals surface area contributed by atoms with E-state index in [0.717, 1.165) is 0 Å². The lowest BCUT2D eigenvalue weighted by Crippen LogP contribution is -2.33. The van der Waals surface area contributed by atoms with Crippen LogP contribution in [0.4, 0.5) is 4.39 Å². The fourth-order valence-electron chi connectivity index (χ4n) is 4.21. The molecule has 2 aromatic carbocycles. The van der Waals surface area contributed by atoms with Crippen molar-refractivity contribution in [2.45, 2.75) is 13.0 Å². The third-order valence-corrected chi connectivity index (χ3v) is 5.69. The molecule has 2 amide bonds. The van der Waals surface area contributed by atoms with Crippen LogP contribution in [0, 0.1) is 5.82 Å². The summed E-state index contributed by atoms with van der Waals surface area (Å²) in [5.74, 6) is -0.776. The largest absolute Gasteiger partial charge is 0.495 e. The number of pyridine rings is 2. The summed E-state index contributed by atoms with van der Waals surface area (Å²) in [5, 5.41) is 0.490. The molecule has 6 nitrogen and oxygen atoms in total. The van der Waals surface area contributed by atoms with E-state index in [1.165, 1.54) is 24.1 Å². The van der Waals surface area contributed by atoms with Crippen LogP contribution in [-0.2, 0) is 0 Å². The summed E-state index contributed by atoms with van der Waals surface area (Å²) in [6.07, 6.45) is 3.28. The third-order valence-electron chi connectivity index (χ3n) is 5.69. The monoisotopic (exact) mass is 427 g/mol. The van der Waals surface area contributed by atoms with Gasteiger partial charge in [0.15, 0.2) is 0 Å². The van der Waals surface area contributed by atoms with E-state index in [9.17, 15) is 14.0 Å². The Kier molecular flexibility index (Phi) is 4.66. The first kappa shape index (κ1) is 19.8. The van der Waals surface area contributed by atoms with Gasteiger partial charge in [-0.15, -0.1) is 0 Å². The highest BCUT2D eigenvalue weighted by Crippen LogP contribution is 2.43. The second-order valence-corrected chi connectivity index (χ2v) is 7.51. The number of hydrogen-bond donors (Lipinski definition) is 0. The maximum absolute atomic E-state index is 14.1. The van der Waals surface area contributed by atoms with Crippen LogP contribution in [0.15, 0.2) is 67.0 Å². The van der Waals surface area contributed by atoms with Gasteiger partial charge in [0.05, 0.1) is 35.5 Å². The summed E-state index contributed by atoms with van der Waals surface area (Å²) in [7, 11) is 1.50. The zero-order valence-corrected chi connectivity index (χ0v) is 17.4. The van der Waals surface area contributed by atoms with Gasteiger partial charge in [-0.05, 0) is 43.3 Å². The van der Waals surface area contributed by atoms with E-state index in [-0.39, 0.29) is 11.8 Å². The molecule has 158 valence electrons. The van der Waals surface area contributed by atoms with Crippen LogP contribution in [-0.4, -0.2) is 33.8 Å². The molecule has 0 saturated heterocycles. The molecule has 1 atom stereocenters. The molecule has 0 aliphatic carbocycles. The van der Waals surface area contributed by atoms with Crippen LogP contribution in [0.2, 0.25) is 0 Å². The van der Waals surface area contributed by atoms with Crippen LogP contribution in [0.5, 0.6) is 5.75 Å². The van der Waals surface area contributed by atoms with Gasteiger partial charge in [-0.3, -0.25) is 19.5 Å². The Morgan fingerprint density at radius 3 is 2.34 bits per heavy atom. The Balaban J connectivity index is 1.76. The molecule has 4 aromatic rings. The van der Waals surface area contributed by atoms with Gasteiger partial charge in [0.2, 0.25) is 0 Å². The van der Waals surface area contributed by atoms with E-state index in [1.807, 2.05) is 6.07 Å². The zero-order chi connectivity index (χ0) is 22.4. The number of nitrogens with zero attached hydrogens (tertiary/aromatic N) is 3. The molecule has 0 fully saturated rings. The Hall–Kier alpha value is -4.13. The minimum atomic E-state index is -0.707. The fraction of sp³-hybridized carbons (Fsp3) is 0.120. The van der Waals surface area contributed by atoms with Gasteiger partial charge in [-0.2, -0.15) is 0 Å². The molecule has 5 rings (SSSR count). The Morgan fingerprint density at radius 1 is 1.00 bits per heavy atom. The van der Waals surface area contributed by atoms with Gasteiger partial charge in [0.25, 0.3) is 11.8 Å². The average Bonchev–Trinajstić information content (AvgIpc) is 3.08. The maximum Gasteiger partial charge on any atom is 0.262 e. The number of rotatable bonds is 4. The fourth-order valence-corrected chi connectivity index (χ4v) is 4.21. The summed E-state index contributed by atoms with van der Waals surface area (Å²) >= 11 is 0. The lowest BCUT2D eigenvalue weighted by Gasteiger charge is -2.26. The van der Waals surface area contributed by atoms with Gasteiger partial charge in [-0.25, -0.2) is 9.37 Å². The highest BCUT2D eigenvalue weighted by atomic mass is 19.1. The zero-order valence-electron chi connectivity index (χ0n) is 17.4. The molecule has 0 radical (unpaired) electrons. The first-order chi connectivity index (χ1) is 15.5. The summed E-state index contributed by atoms with van der Waals surface area (Å²) in [6, 6.07) is 13.8. The average molecular weight is 427 g/mol. The van der Waals surface area contributed by atoms with Crippen molar-refractivity contribution >= 4 is 22.7 Å². The number of carbonyl (C=O) groups excluding carboxylic acids is 2. The number of amides is 2. The lowest BCUT2D eigenvalue weighted by molar-refractivity contribution is 0.0592. The van der Waals surface area contributed by atoms with E-state index in [2.05, 4.69) is 4.98 Å². The summed E-state index contributed by atoms with van der Waals surface area (Å²) in [6.45, 7) is 1.75. The lowest BCUT2D eigenvalue weighted by atomic mass is 9.97. The van der Waals surface area contributed by atoms with Gasteiger partial charge in [0.1, 0.15) is 11.6 Å². The molecule has 1 unspecified atom stereocenters. The molecule has 0 spiro atoms. The van der Waals surface area contributed by atoms with E-state index in [4.69, 9.17) is 9.72 Å². The second kappa shape index (κ2) is 7.53. The number of imide groups is 1. The number of aromatic nitrogens is 2. The standard InChI is InChI=1S/C25H18FN3O3/c1-14(29-24(30)17-7-3-4-8-18(17)25(29)31)22-21(15-6-5-11-27-13-15)23(32-2)19-12-16(26)9-10-20(19)28-22/h3-14H,1-2H3. The van der Waals surface area contributed by atoms with Crippen LogP contribution in [0.1, 0.15) is 39.4 Å². The highest BCUT2D eigenvalue weighted by Gasteiger charge is 2.40. The molecular weight excluding hydrogens is 409 g/mol. The predicted molar refractivity (Wildman–Crippen MR) is 117 cm³/mol. The molecule has 0 bridgehead atoms. The molecule has 2 aromatic heterocycles. The van der Waals surface area contributed by atoms with E-state index < -0.39 is 11.9 Å². The number of fused-ring (bicyclic) bond motifs is 2. The van der Waals surface area contributed by atoms with E-state index >= 15 is 0 Å². The molecule has 1 aliphatic rings. The molecular formula is C25H18FN3O3. The first-order valence-electron chi connectivity index (χ1n) is 10.1. The van der Waals surface area contributed by atoms with Gasteiger partial charge >= 0.3 is 0 Å². The summed E-state index contributed by atoms with van der Waals surface area (Å²) < 4.78 is 19.8. The molecule has 0 saturated carbocycles. The second-order valence-electron chi connectivity index (χ2n) is 7.51. The van der Waals surface area contributed by atoms with Crippen molar-refractivity contribution < 1.29 is 18.7 Å². The summed E-state index contributed by atoms with van der Waals surface area (Å²) in [4.78, 5) is 36.4. The number of methoxy groups -OCH3 is 1. The van der Waals surface area contributed by atoms with Crippen molar-refractivity contribution in [3.8, 4) is 16.9 Å². The maximum atomic E-state index is 14.1. The quantitative estimate of drug-likeness (QED) is 0.438. The van der Waals surface area contributed by atoms with Crippen molar-refractivity contribution in [3.63, 3.8) is 0 Å². The SMILES string of the molecule is COc1c(-c2cccnc2)c(C(C)N2C(=O)c3ccccc3C2=O)nc2ccc(F)cc12. The Labute approximate surface area is 183 Å². The number of halogens is 1. The number of benzene rings is 2. The Bertz CT molecular complexity index is 1350. The normalized spacial score (nSPS) is 14.0. The number of ether oxygens (including phenoxy) is 1. The first-order valence-corrected chi connectivity index (χ1v) is 10.1. The van der Waals surface area contributed by atoms with Crippen molar-refractivity contribution in [2.24, 2.45) is 0 Å². The van der Waals surface area contributed by atoms with Gasteiger partial charge in [-0.1, -0.05) is 18.2 Å². The van der Waals surface area contributed by atoms with Crippen molar-refractivity contribution in [2.75, 3.05) is 7.11 Å².